The van der Waals surface area contributed by atoms with E-state index in [9.17, 15) is 4.79 Å². The molecule has 0 spiro atoms. The van der Waals surface area contributed by atoms with Crippen LogP contribution in [0.25, 0.3) is 5.69 Å². The third kappa shape index (κ3) is 3.80. The summed E-state index contributed by atoms with van der Waals surface area (Å²) in [5, 5.41) is 15.0. The first-order valence-electron chi connectivity index (χ1n) is 6.45. The fourth-order valence-corrected chi connectivity index (χ4v) is 2.36. The van der Waals surface area contributed by atoms with Gasteiger partial charge in [0.15, 0.2) is 0 Å². The minimum Gasteiger partial charge on any atom is -0.355 e. The van der Waals surface area contributed by atoms with Crippen LogP contribution in [-0.4, -0.2) is 38.4 Å². The molecule has 0 aliphatic heterocycles. The lowest BCUT2D eigenvalue weighted by Gasteiger charge is -2.05. The molecule has 0 saturated carbocycles. The Hall–Kier alpha value is -1.89. The first kappa shape index (κ1) is 14.5. The van der Waals surface area contributed by atoms with Gasteiger partial charge in [-0.3, -0.25) is 4.79 Å². The molecule has 0 fully saturated rings. The Balaban J connectivity index is 2.04. The van der Waals surface area contributed by atoms with Gasteiger partial charge >= 0.3 is 0 Å². The average molecular weight is 291 g/mol. The molecule has 0 unspecified atom stereocenters. The molecule has 1 aromatic carbocycles. The van der Waals surface area contributed by atoms with Gasteiger partial charge in [0.05, 0.1) is 11.4 Å². The first-order valence-corrected chi connectivity index (χ1v) is 7.44. The molecular formula is C13H17N5OS. The van der Waals surface area contributed by atoms with Crippen molar-refractivity contribution in [2.24, 2.45) is 0 Å². The standard InChI is InChI=1S/C13H17N5OS/c1-3-7-14-12(19)9-20-13-15-16-17-18(13)11-6-4-5-10(2)8-11/h4-6,8H,3,7,9H2,1-2H3,(H,14,19). The van der Waals surface area contributed by atoms with Crippen molar-refractivity contribution >= 4 is 17.7 Å². The predicted molar refractivity (Wildman–Crippen MR) is 77.9 cm³/mol. The number of hydrogen-bond acceptors (Lipinski definition) is 5. The maximum absolute atomic E-state index is 11.6. The number of rotatable bonds is 6. The number of benzene rings is 1. The van der Waals surface area contributed by atoms with Crippen LogP contribution < -0.4 is 5.32 Å². The zero-order valence-electron chi connectivity index (χ0n) is 11.5. The van der Waals surface area contributed by atoms with E-state index in [1.165, 1.54) is 11.8 Å². The van der Waals surface area contributed by atoms with Gasteiger partial charge < -0.3 is 5.32 Å². The fourth-order valence-electron chi connectivity index (χ4n) is 1.64. The Morgan fingerprint density at radius 3 is 3.05 bits per heavy atom. The molecule has 1 amide bonds. The Labute approximate surface area is 121 Å². The number of hydrogen-bond donors (Lipinski definition) is 1. The topological polar surface area (TPSA) is 72.7 Å². The van der Waals surface area contributed by atoms with E-state index < -0.39 is 0 Å². The van der Waals surface area contributed by atoms with Gasteiger partial charge in [0.2, 0.25) is 11.1 Å². The predicted octanol–water partition coefficient (Wildman–Crippen LogP) is 1.59. The molecular weight excluding hydrogens is 274 g/mol. The van der Waals surface area contributed by atoms with E-state index in [0.29, 0.717) is 17.5 Å². The summed E-state index contributed by atoms with van der Waals surface area (Å²) in [5.41, 5.74) is 2.03. The summed E-state index contributed by atoms with van der Waals surface area (Å²) in [5.74, 6) is 0.308. The Morgan fingerprint density at radius 1 is 1.45 bits per heavy atom. The number of amides is 1. The number of aromatic nitrogens is 4. The highest BCUT2D eigenvalue weighted by molar-refractivity contribution is 7.99. The molecule has 2 aromatic rings. The van der Waals surface area contributed by atoms with Crippen molar-refractivity contribution in [1.29, 1.82) is 0 Å². The lowest BCUT2D eigenvalue weighted by atomic mass is 10.2. The quantitative estimate of drug-likeness (QED) is 0.818. The monoisotopic (exact) mass is 291 g/mol. The molecule has 6 nitrogen and oxygen atoms in total. The summed E-state index contributed by atoms with van der Waals surface area (Å²) >= 11 is 1.33. The van der Waals surface area contributed by atoms with Crippen molar-refractivity contribution in [2.45, 2.75) is 25.4 Å². The summed E-state index contributed by atoms with van der Waals surface area (Å²) < 4.78 is 1.64. The highest BCUT2D eigenvalue weighted by Crippen LogP contribution is 2.18. The number of aryl methyl sites for hydroxylation is 1. The molecule has 0 atom stereocenters. The van der Waals surface area contributed by atoms with Gasteiger partial charge in [0, 0.05) is 6.54 Å². The van der Waals surface area contributed by atoms with E-state index in [2.05, 4.69) is 20.8 Å². The lowest BCUT2D eigenvalue weighted by molar-refractivity contribution is -0.118. The molecule has 106 valence electrons. The number of carbonyl (C=O) groups is 1. The maximum Gasteiger partial charge on any atom is 0.230 e. The number of carbonyl (C=O) groups excluding carboxylic acids is 1. The van der Waals surface area contributed by atoms with Crippen molar-refractivity contribution in [3.05, 3.63) is 29.8 Å². The lowest BCUT2D eigenvalue weighted by Crippen LogP contribution is -2.25. The molecule has 1 N–H and O–H groups in total. The number of nitrogens with one attached hydrogen (secondary N) is 1. The minimum absolute atomic E-state index is 0.00403. The van der Waals surface area contributed by atoms with Crippen LogP contribution in [-0.2, 0) is 4.79 Å². The van der Waals surface area contributed by atoms with Crippen LogP contribution in [0.3, 0.4) is 0 Å². The highest BCUT2D eigenvalue weighted by atomic mass is 32.2. The second-order valence-corrected chi connectivity index (χ2v) is 5.29. The van der Waals surface area contributed by atoms with E-state index in [1.54, 1.807) is 4.68 Å². The summed E-state index contributed by atoms with van der Waals surface area (Å²) in [6, 6.07) is 7.90. The van der Waals surface area contributed by atoms with Gasteiger partial charge in [-0.2, -0.15) is 4.68 Å². The molecule has 0 aliphatic rings. The second kappa shape index (κ2) is 7.04. The van der Waals surface area contributed by atoms with Gasteiger partial charge in [-0.05, 0) is 41.5 Å². The Kier molecular flexibility index (Phi) is 5.11. The van der Waals surface area contributed by atoms with Gasteiger partial charge in [-0.1, -0.05) is 30.8 Å². The summed E-state index contributed by atoms with van der Waals surface area (Å²) in [4.78, 5) is 11.6. The van der Waals surface area contributed by atoms with Crippen LogP contribution in [0, 0.1) is 6.92 Å². The Bertz CT molecular complexity index is 584. The largest absolute Gasteiger partial charge is 0.355 e. The molecule has 20 heavy (non-hydrogen) atoms. The average Bonchev–Trinajstić information content (AvgIpc) is 2.91. The number of tetrazole rings is 1. The van der Waals surface area contributed by atoms with Crippen LogP contribution in [0.1, 0.15) is 18.9 Å². The van der Waals surface area contributed by atoms with Crippen molar-refractivity contribution in [3.63, 3.8) is 0 Å². The van der Waals surface area contributed by atoms with Crippen LogP contribution >= 0.6 is 11.8 Å². The zero-order valence-corrected chi connectivity index (χ0v) is 12.4. The summed E-state index contributed by atoms with van der Waals surface area (Å²) in [6.45, 7) is 4.73. The van der Waals surface area contributed by atoms with Gasteiger partial charge in [0.1, 0.15) is 0 Å². The molecule has 0 bridgehead atoms. The van der Waals surface area contributed by atoms with E-state index in [4.69, 9.17) is 0 Å². The SMILES string of the molecule is CCCNC(=O)CSc1nnnn1-c1cccc(C)c1. The normalized spacial score (nSPS) is 10.5. The molecule has 1 heterocycles. The van der Waals surface area contributed by atoms with Crippen molar-refractivity contribution in [3.8, 4) is 5.69 Å². The van der Waals surface area contributed by atoms with Crippen molar-refractivity contribution in [2.75, 3.05) is 12.3 Å². The fraction of sp³-hybridized carbons (Fsp3) is 0.385. The summed E-state index contributed by atoms with van der Waals surface area (Å²) in [7, 11) is 0. The molecule has 0 saturated heterocycles. The molecule has 2 rings (SSSR count). The third-order valence-electron chi connectivity index (χ3n) is 2.59. The van der Waals surface area contributed by atoms with Crippen LogP contribution in [0.15, 0.2) is 29.4 Å². The molecule has 0 aliphatic carbocycles. The first-order chi connectivity index (χ1) is 9.70. The molecule has 7 heteroatoms. The third-order valence-corrected chi connectivity index (χ3v) is 3.51. The maximum atomic E-state index is 11.6. The van der Waals surface area contributed by atoms with Gasteiger partial charge in [0.25, 0.3) is 0 Å². The van der Waals surface area contributed by atoms with Gasteiger partial charge in [-0.15, -0.1) is 5.10 Å². The zero-order chi connectivity index (χ0) is 14.4. The highest BCUT2D eigenvalue weighted by Gasteiger charge is 2.11. The van der Waals surface area contributed by atoms with Crippen molar-refractivity contribution < 1.29 is 4.79 Å². The Morgan fingerprint density at radius 2 is 2.30 bits per heavy atom. The van der Waals surface area contributed by atoms with E-state index in [0.717, 1.165) is 17.7 Å². The summed E-state index contributed by atoms with van der Waals surface area (Å²) in [6.07, 6.45) is 0.928. The van der Waals surface area contributed by atoms with E-state index >= 15 is 0 Å². The van der Waals surface area contributed by atoms with Gasteiger partial charge in [-0.25, -0.2) is 0 Å². The van der Waals surface area contributed by atoms with E-state index in [-0.39, 0.29) is 5.91 Å². The second-order valence-electron chi connectivity index (χ2n) is 4.35. The number of thioether (sulfide) groups is 1. The van der Waals surface area contributed by atoms with E-state index in [1.807, 2.05) is 38.1 Å². The molecule has 0 radical (unpaired) electrons. The smallest absolute Gasteiger partial charge is 0.230 e. The number of nitrogens with zero attached hydrogens (tertiary/aromatic N) is 4. The molecule has 1 aromatic heterocycles. The van der Waals surface area contributed by atoms with Crippen LogP contribution in [0.5, 0.6) is 0 Å². The minimum atomic E-state index is -0.00403. The van der Waals surface area contributed by atoms with Crippen molar-refractivity contribution in [1.82, 2.24) is 25.5 Å². The van der Waals surface area contributed by atoms with Crippen LogP contribution in [0.4, 0.5) is 0 Å². The van der Waals surface area contributed by atoms with Crippen LogP contribution in [0.2, 0.25) is 0 Å².